The van der Waals surface area contributed by atoms with E-state index in [9.17, 15) is 22.7 Å². The fourth-order valence-corrected chi connectivity index (χ4v) is 6.15. The van der Waals surface area contributed by atoms with Crippen LogP contribution in [0.25, 0.3) is 0 Å². The number of carbonyl (C=O) groups is 1. The van der Waals surface area contributed by atoms with Crippen molar-refractivity contribution in [1.29, 1.82) is 0 Å². The fraction of sp³-hybridized carbons (Fsp3) is 0.318. The van der Waals surface area contributed by atoms with E-state index in [2.05, 4.69) is 9.97 Å². The van der Waals surface area contributed by atoms with E-state index in [0.29, 0.717) is 29.7 Å². The van der Waals surface area contributed by atoms with Crippen LogP contribution in [-0.2, 0) is 14.6 Å². The van der Waals surface area contributed by atoms with Crippen molar-refractivity contribution in [1.82, 2.24) is 9.97 Å². The molecule has 0 amide bonds. The van der Waals surface area contributed by atoms with Gasteiger partial charge in [-0.3, -0.25) is 4.79 Å². The van der Waals surface area contributed by atoms with Crippen LogP contribution in [0.2, 0.25) is 0 Å². The van der Waals surface area contributed by atoms with Crippen molar-refractivity contribution in [3.8, 4) is 0 Å². The summed E-state index contributed by atoms with van der Waals surface area (Å²) in [5.41, 5.74) is 2.07. The van der Waals surface area contributed by atoms with Crippen molar-refractivity contribution in [2.24, 2.45) is 0 Å². The number of benzene rings is 1. The second kappa shape index (κ2) is 8.22. The Balaban J connectivity index is 1.69. The van der Waals surface area contributed by atoms with E-state index in [-0.39, 0.29) is 23.4 Å². The van der Waals surface area contributed by atoms with E-state index in [0.717, 1.165) is 0 Å². The summed E-state index contributed by atoms with van der Waals surface area (Å²) in [6.45, 7) is 1.68. The van der Waals surface area contributed by atoms with Crippen molar-refractivity contribution >= 4 is 21.5 Å². The van der Waals surface area contributed by atoms with Gasteiger partial charge in [-0.2, -0.15) is 0 Å². The van der Waals surface area contributed by atoms with Gasteiger partial charge in [-0.05, 0) is 43.5 Å². The van der Waals surface area contributed by atoms with Crippen LogP contribution in [0.1, 0.15) is 31.2 Å². The van der Waals surface area contributed by atoms with E-state index in [4.69, 9.17) is 0 Å². The molecule has 9 heteroatoms. The van der Waals surface area contributed by atoms with Crippen molar-refractivity contribution in [2.45, 2.75) is 41.9 Å². The molecule has 2 aliphatic rings. The van der Waals surface area contributed by atoms with E-state index in [1.165, 1.54) is 30.9 Å². The van der Waals surface area contributed by atoms with Crippen LogP contribution < -0.4 is 4.90 Å². The van der Waals surface area contributed by atoms with Gasteiger partial charge in [0.15, 0.2) is 9.84 Å². The summed E-state index contributed by atoms with van der Waals surface area (Å²) in [6.07, 6.45) is 9.96. The van der Waals surface area contributed by atoms with Gasteiger partial charge in [0.2, 0.25) is 0 Å². The molecular weight excluding hydrogens is 421 g/mol. The van der Waals surface area contributed by atoms with Crippen LogP contribution in [0, 0.1) is 5.82 Å². The van der Waals surface area contributed by atoms with E-state index in [1.54, 1.807) is 23.1 Å². The topological polar surface area (TPSA) is 100 Å². The lowest BCUT2D eigenvalue weighted by Crippen LogP contribution is -2.36. The third-order valence-electron chi connectivity index (χ3n) is 5.98. The zero-order valence-corrected chi connectivity index (χ0v) is 17.7. The summed E-state index contributed by atoms with van der Waals surface area (Å²) in [4.78, 5) is 20.8. The van der Waals surface area contributed by atoms with Crippen LogP contribution in [0.15, 0.2) is 65.6 Å². The normalized spacial score (nSPS) is 22.8. The Kier molecular flexibility index (Phi) is 5.62. The predicted octanol–water partition coefficient (Wildman–Crippen LogP) is 3.11. The molecule has 1 aromatic heterocycles. The second-order valence-corrected chi connectivity index (χ2v) is 9.92. The minimum Gasteiger partial charge on any atom is -0.480 e. The van der Waals surface area contributed by atoms with Gasteiger partial charge >= 0.3 is 5.97 Å². The maximum absolute atomic E-state index is 14.0. The van der Waals surface area contributed by atoms with Crippen molar-refractivity contribution < 1.29 is 22.7 Å². The third-order valence-corrected chi connectivity index (χ3v) is 8.10. The number of allylic oxidation sites excluding steroid dienone is 3. The first-order valence-electron chi connectivity index (χ1n) is 9.91. The van der Waals surface area contributed by atoms with Crippen LogP contribution >= 0.6 is 0 Å². The van der Waals surface area contributed by atoms with Crippen molar-refractivity contribution in [3.63, 3.8) is 0 Å². The summed E-state index contributed by atoms with van der Waals surface area (Å²) in [6, 6.07) is 4.10. The van der Waals surface area contributed by atoms with Gasteiger partial charge in [-0.15, -0.1) is 0 Å². The highest BCUT2D eigenvalue weighted by Crippen LogP contribution is 2.45. The van der Waals surface area contributed by atoms with Crippen LogP contribution in [0.5, 0.6) is 0 Å². The number of hydrogen-bond acceptors (Lipinski definition) is 6. The van der Waals surface area contributed by atoms with Gasteiger partial charge < -0.3 is 10.0 Å². The van der Waals surface area contributed by atoms with Gasteiger partial charge in [0, 0.05) is 30.0 Å². The molecule has 3 atom stereocenters. The Hall–Kier alpha value is -3.07. The van der Waals surface area contributed by atoms with Crippen LogP contribution in [0.3, 0.4) is 0 Å². The summed E-state index contributed by atoms with van der Waals surface area (Å²) < 4.78 is 40.6. The highest BCUT2D eigenvalue weighted by atomic mass is 32.2. The molecule has 1 aromatic carbocycles. The fourth-order valence-electron chi connectivity index (χ4n) is 4.46. The molecule has 0 bridgehead atoms. The lowest BCUT2D eigenvalue weighted by Gasteiger charge is -2.28. The molecule has 0 saturated carbocycles. The Morgan fingerprint density at radius 1 is 1.29 bits per heavy atom. The number of halogens is 1. The van der Waals surface area contributed by atoms with Crippen molar-refractivity contribution in [3.05, 3.63) is 72.1 Å². The third kappa shape index (κ3) is 3.97. The molecule has 0 spiro atoms. The summed E-state index contributed by atoms with van der Waals surface area (Å²) in [5.74, 6) is -1.63. The molecule has 31 heavy (non-hydrogen) atoms. The summed E-state index contributed by atoms with van der Waals surface area (Å²) in [5, 5.41) is 8.55. The SMILES string of the molecule is CC1C(CC2=CC=CCC2S(=O)(=O)c2cncnc2)c2cc(F)ccc2N1CC(=O)O. The number of nitrogens with zero attached hydrogens (tertiary/aromatic N) is 3. The maximum Gasteiger partial charge on any atom is 0.323 e. The Bertz CT molecular complexity index is 1160. The molecular formula is C22H22FN3O4S. The van der Waals surface area contributed by atoms with E-state index < -0.39 is 26.9 Å². The standard InChI is InChI=1S/C22H22FN3O4S/c1-14-18(19-9-16(23)6-7-20(19)26(14)12-22(27)28)8-15-4-2-3-5-21(15)31(29,30)17-10-24-13-25-11-17/h2-4,6-7,9-11,13-14,18,21H,5,8,12H2,1H3,(H,27,28). The molecule has 7 nitrogen and oxygen atoms in total. The number of carboxylic acid groups (broad SMARTS) is 1. The smallest absolute Gasteiger partial charge is 0.323 e. The molecule has 1 aliphatic heterocycles. The number of aliphatic carboxylic acids is 1. The van der Waals surface area contributed by atoms with E-state index in [1.807, 2.05) is 13.0 Å². The molecule has 0 fully saturated rings. The zero-order valence-electron chi connectivity index (χ0n) is 16.8. The Morgan fingerprint density at radius 2 is 2.03 bits per heavy atom. The van der Waals surface area contributed by atoms with Gasteiger partial charge in [-0.25, -0.2) is 22.8 Å². The minimum absolute atomic E-state index is 0.0552. The number of carboxylic acids is 1. The van der Waals surface area contributed by atoms with Gasteiger partial charge in [-0.1, -0.05) is 23.8 Å². The molecule has 0 radical (unpaired) electrons. The highest BCUT2D eigenvalue weighted by Gasteiger charge is 2.40. The molecule has 0 saturated heterocycles. The molecule has 162 valence electrons. The second-order valence-electron chi connectivity index (χ2n) is 7.79. The monoisotopic (exact) mass is 443 g/mol. The number of fused-ring (bicyclic) bond motifs is 1. The molecule has 4 rings (SSSR count). The first kappa shape index (κ1) is 21.2. The number of rotatable bonds is 6. The summed E-state index contributed by atoms with van der Waals surface area (Å²) in [7, 11) is -3.71. The zero-order chi connectivity index (χ0) is 22.2. The summed E-state index contributed by atoms with van der Waals surface area (Å²) >= 11 is 0. The predicted molar refractivity (Wildman–Crippen MR) is 113 cm³/mol. The van der Waals surface area contributed by atoms with Gasteiger partial charge in [0.25, 0.3) is 0 Å². The molecule has 2 heterocycles. The number of anilines is 1. The largest absolute Gasteiger partial charge is 0.480 e. The van der Waals surface area contributed by atoms with E-state index >= 15 is 0 Å². The van der Waals surface area contributed by atoms with Gasteiger partial charge in [0.1, 0.15) is 23.6 Å². The Morgan fingerprint density at radius 3 is 2.74 bits per heavy atom. The molecule has 3 unspecified atom stereocenters. The molecule has 1 aliphatic carbocycles. The average Bonchev–Trinajstić information content (AvgIpc) is 2.99. The minimum atomic E-state index is -3.71. The van der Waals surface area contributed by atoms with Crippen molar-refractivity contribution in [2.75, 3.05) is 11.4 Å². The van der Waals surface area contributed by atoms with Crippen LogP contribution in [-0.4, -0.2) is 47.3 Å². The van der Waals surface area contributed by atoms with Gasteiger partial charge in [0.05, 0.1) is 5.25 Å². The quantitative estimate of drug-likeness (QED) is 0.732. The number of sulfone groups is 1. The van der Waals surface area contributed by atoms with Crippen LogP contribution in [0.4, 0.5) is 10.1 Å². The first-order chi connectivity index (χ1) is 14.8. The Labute approximate surface area is 179 Å². The molecule has 1 N–H and O–H groups in total. The lowest BCUT2D eigenvalue weighted by atomic mass is 9.86. The average molecular weight is 444 g/mol. The molecule has 2 aromatic rings. The highest BCUT2D eigenvalue weighted by molar-refractivity contribution is 7.92. The number of hydrogen-bond donors (Lipinski definition) is 1. The lowest BCUT2D eigenvalue weighted by molar-refractivity contribution is -0.135. The maximum atomic E-state index is 14.0. The first-order valence-corrected chi connectivity index (χ1v) is 11.5. The number of aromatic nitrogens is 2.